The summed E-state index contributed by atoms with van der Waals surface area (Å²) in [6, 6.07) is 3.94. The van der Waals surface area contributed by atoms with Crippen molar-refractivity contribution in [1.82, 2.24) is 14.7 Å². The van der Waals surface area contributed by atoms with Crippen molar-refractivity contribution in [3.05, 3.63) is 35.3 Å². The Morgan fingerprint density at radius 3 is 2.94 bits per heavy atom. The number of carbonyl (C=O) groups is 1. The van der Waals surface area contributed by atoms with Crippen molar-refractivity contribution in [3.8, 4) is 0 Å². The standard InChI is InChI=1S/C12H15N3O/c1-4-13-12(16)11-9(3)14-10-7-8(2)5-6-15(10)11/h5-7H,4H2,1-3H3,(H,13,16). The molecule has 2 aromatic rings. The van der Waals surface area contributed by atoms with E-state index in [9.17, 15) is 4.79 Å². The number of rotatable bonds is 2. The highest BCUT2D eigenvalue weighted by atomic mass is 16.1. The molecule has 0 aromatic carbocycles. The van der Waals surface area contributed by atoms with Crippen LogP contribution in [0.4, 0.5) is 0 Å². The maximum Gasteiger partial charge on any atom is 0.270 e. The number of aromatic nitrogens is 2. The zero-order valence-corrected chi connectivity index (χ0v) is 9.74. The topological polar surface area (TPSA) is 46.4 Å². The summed E-state index contributed by atoms with van der Waals surface area (Å²) in [5, 5.41) is 2.80. The average Bonchev–Trinajstić information content (AvgIpc) is 2.53. The lowest BCUT2D eigenvalue weighted by atomic mass is 10.3. The van der Waals surface area contributed by atoms with Crippen LogP contribution in [0.3, 0.4) is 0 Å². The fourth-order valence-electron chi connectivity index (χ4n) is 1.78. The number of nitrogens with one attached hydrogen (secondary N) is 1. The number of amides is 1. The number of hydrogen-bond donors (Lipinski definition) is 1. The summed E-state index contributed by atoms with van der Waals surface area (Å²) in [6.07, 6.45) is 1.88. The summed E-state index contributed by atoms with van der Waals surface area (Å²) in [6.45, 7) is 6.39. The number of nitrogens with zero attached hydrogens (tertiary/aromatic N) is 2. The molecule has 0 unspecified atom stereocenters. The number of imidazole rings is 1. The van der Waals surface area contributed by atoms with E-state index < -0.39 is 0 Å². The van der Waals surface area contributed by atoms with Gasteiger partial charge in [0.1, 0.15) is 11.3 Å². The monoisotopic (exact) mass is 217 g/mol. The molecular weight excluding hydrogens is 202 g/mol. The molecule has 0 radical (unpaired) electrons. The van der Waals surface area contributed by atoms with Crippen molar-refractivity contribution in [1.29, 1.82) is 0 Å². The first-order valence-corrected chi connectivity index (χ1v) is 5.37. The molecule has 0 saturated carbocycles. The molecule has 2 rings (SSSR count). The Hall–Kier alpha value is -1.84. The third-order valence-electron chi connectivity index (χ3n) is 2.51. The van der Waals surface area contributed by atoms with Crippen LogP contribution in [0.1, 0.15) is 28.7 Å². The molecule has 4 nitrogen and oxygen atoms in total. The maximum absolute atomic E-state index is 11.9. The normalized spacial score (nSPS) is 10.7. The van der Waals surface area contributed by atoms with Crippen LogP contribution in [-0.2, 0) is 0 Å². The van der Waals surface area contributed by atoms with Gasteiger partial charge < -0.3 is 5.32 Å². The number of fused-ring (bicyclic) bond motifs is 1. The van der Waals surface area contributed by atoms with Gasteiger partial charge in [-0.25, -0.2) is 4.98 Å². The van der Waals surface area contributed by atoms with Gasteiger partial charge in [0.05, 0.1) is 5.69 Å². The van der Waals surface area contributed by atoms with E-state index in [-0.39, 0.29) is 5.91 Å². The molecule has 1 amide bonds. The molecular formula is C12H15N3O. The zero-order valence-electron chi connectivity index (χ0n) is 9.74. The van der Waals surface area contributed by atoms with Gasteiger partial charge in [-0.1, -0.05) is 0 Å². The molecule has 0 atom stereocenters. The maximum atomic E-state index is 11.9. The number of carbonyl (C=O) groups excluding carboxylic acids is 1. The zero-order chi connectivity index (χ0) is 11.7. The quantitative estimate of drug-likeness (QED) is 0.832. The van der Waals surface area contributed by atoms with E-state index in [0.717, 1.165) is 16.9 Å². The minimum absolute atomic E-state index is 0.0728. The lowest BCUT2D eigenvalue weighted by molar-refractivity contribution is 0.0949. The molecule has 1 N–H and O–H groups in total. The minimum atomic E-state index is -0.0728. The third-order valence-corrected chi connectivity index (χ3v) is 2.51. The third kappa shape index (κ3) is 1.66. The van der Waals surface area contributed by atoms with Gasteiger partial charge in [0.2, 0.25) is 0 Å². The van der Waals surface area contributed by atoms with Crippen molar-refractivity contribution < 1.29 is 4.79 Å². The van der Waals surface area contributed by atoms with Gasteiger partial charge in [-0.15, -0.1) is 0 Å². The number of aryl methyl sites for hydroxylation is 2. The van der Waals surface area contributed by atoms with Crippen LogP contribution in [-0.4, -0.2) is 21.8 Å². The fraction of sp³-hybridized carbons (Fsp3) is 0.333. The van der Waals surface area contributed by atoms with Gasteiger partial charge in [0, 0.05) is 12.7 Å². The van der Waals surface area contributed by atoms with Crippen LogP contribution in [0.25, 0.3) is 5.65 Å². The summed E-state index contributed by atoms with van der Waals surface area (Å²) in [5.74, 6) is -0.0728. The van der Waals surface area contributed by atoms with Crippen molar-refractivity contribution >= 4 is 11.6 Å². The van der Waals surface area contributed by atoms with Crippen molar-refractivity contribution in [2.24, 2.45) is 0 Å². The fourth-order valence-corrected chi connectivity index (χ4v) is 1.78. The molecule has 0 fully saturated rings. The summed E-state index contributed by atoms with van der Waals surface area (Å²) in [7, 11) is 0. The van der Waals surface area contributed by atoms with E-state index in [1.54, 1.807) is 0 Å². The van der Waals surface area contributed by atoms with Crippen molar-refractivity contribution in [3.63, 3.8) is 0 Å². The first-order valence-electron chi connectivity index (χ1n) is 5.37. The smallest absolute Gasteiger partial charge is 0.270 e. The molecule has 2 heterocycles. The Morgan fingerprint density at radius 2 is 2.25 bits per heavy atom. The molecule has 16 heavy (non-hydrogen) atoms. The highest BCUT2D eigenvalue weighted by molar-refractivity contribution is 5.94. The van der Waals surface area contributed by atoms with E-state index in [4.69, 9.17) is 0 Å². The van der Waals surface area contributed by atoms with E-state index in [2.05, 4.69) is 10.3 Å². The van der Waals surface area contributed by atoms with Gasteiger partial charge in [0.25, 0.3) is 5.91 Å². The lowest BCUT2D eigenvalue weighted by Crippen LogP contribution is -2.24. The van der Waals surface area contributed by atoms with Gasteiger partial charge in [0.15, 0.2) is 0 Å². The van der Waals surface area contributed by atoms with E-state index in [1.807, 2.05) is 43.5 Å². The molecule has 0 spiro atoms. The highest BCUT2D eigenvalue weighted by Gasteiger charge is 2.15. The summed E-state index contributed by atoms with van der Waals surface area (Å²) < 4.78 is 1.83. The van der Waals surface area contributed by atoms with Gasteiger partial charge in [-0.3, -0.25) is 9.20 Å². The van der Waals surface area contributed by atoms with Crippen LogP contribution < -0.4 is 5.32 Å². The van der Waals surface area contributed by atoms with Crippen LogP contribution in [0.5, 0.6) is 0 Å². The van der Waals surface area contributed by atoms with Crippen molar-refractivity contribution in [2.45, 2.75) is 20.8 Å². The molecule has 0 aliphatic rings. The summed E-state index contributed by atoms with van der Waals surface area (Å²) in [5.41, 5.74) is 3.34. The lowest BCUT2D eigenvalue weighted by Gasteiger charge is -2.03. The largest absolute Gasteiger partial charge is 0.351 e. The molecule has 84 valence electrons. The second kappa shape index (κ2) is 3.96. The molecule has 4 heteroatoms. The molecule has 0 aliphatic carbocycles. The summed E-state index contributed by atoms with van der Waals surface area (Å²) >= 11 is 0. The number of hydrogen-bond acceptors (Lipinski definition) is 2. The van der Waals surface area contributed by atoms with Gasteiger partial charge in [-0.2, -0.15) is 0 Å². The van der Waals surface area contributed by atoms with Crippen LogP contribution in [0.2, 0.25) is 0 Å². The van der Waals surface area contributed by atoms with Crippen LogP contribution in [0, 0.1) is 13.8 Å². The van der Waals surface area contributed by atoms with Crippen LogP contribution >= 0.6 is 0 Å². The second-order valence-corrected chi connectivity index (χ2v) is 3.84. The Morgan fingerprint density at radius 1 is 1.50 bits per heavy atom. The molecule has 0 saturated heterocycles. The first kappa shape index (κ1) is 10.7. The van der Waals surface area contributed by atoms with E-state index in [1.165, 1.54) is 0 Å². The van der Waals surface area contributed by atoms with Crippen LogP contribution in [0.15, 0.2) is 18.3 Å². The Balaban J connectivity index is 2.60. The molecule has 2 aromatic heterocycles. The predicted octanol–water partition coefficient (Wildman–Crippen LogP) is 1.70. The first-order chi connectivity index (χ1) is 7.63. The predicted molar refractivity (Wildman–Crippen MR) is 62.7 cm³/mol. The molecule has 0 bridgehead atoms. The summed E-state index contributed by atoms with van der Waals surface area (Å²) in [4.78, 5) is 16.2. The Labute approximate surface area is 94.3 Å². The van der Waals surface area contributed by atoms with Gasteiger partial charge in [-0.05, 0) is 38.5 Å². The Kier molecular flexibility index (Phi) is 2.64. The van der Waals surface area contributed by atoms with E-state index in [0.29, 0.717) is 12.2 Å². The number of pyridine rings is 1. The highest BCUT2D eigenvalue weighted by Crippen LogP contribution is 2.13. The van der Waals surface area contributed by atoms with E-state index >= 15 is 0 Å². The minimum Gasteiger partial charge on any atom is -0.351 e. The molecule has 0 aliphatic heterocycles. The Bertz CT molecular complexity index is 542. The van der Waals surface area contributed by atoms with Crippen molar-refractivity contribution in [2.75, 3.05) is 6.54 Å². The average molecular weight is 217 g/mol. The second-order valence-electron chi connectivity index (χ2n) is 3.84. The van der Waals surface area contributed by atoms with Gasteiger partial charge >= 0.3 is 0 Å². The SMILES string of the molecule is CCNC(=O)c1c(C)nc2cc(C)ccn12.